The number of amides is 1. The van der Waals surface area contributed by atoms with Crippen molar-refractivity contribution >= 4 is 34.7 Å². The number of thioether (sulfide) groups is 1. The maximum Gasteiger partial charge on any atom is 0.277 e. The Bertz CT molecular complexity index is 1050. The molecule has 0 aliphatic carbocycles. The quantitative estimate of drug-likeness (QED) is 0.431. The maximum absolute atomic E-state index is 12.4. The van der Waals surface area contributed by atoms with Crippen molar-refractivity contribution in [3.05, 3.63) is 83.2 Å². The van der Waals surface area contributed by atoms with Crippen LogP contribution in [0.4, 0.5) is 5.69 Å². The third-order valence-electron chi connectivity index (χ3n) is 3.99. The molecule has 1 amide bonds. The van der Waals surface area contributed by atoms with Crippen LogP contribution in [0.1, 0.15) is 11.1 Å². The lowest BCUT2D eigenvalue weighted by molar-refractivity contribution is -0.113. The van der Waals surface area contributed by atoms with Gasteiger partial charge in [-0.25, -0.2) is 0 Å². The highest BCUT2D eigenvalue weighted by Gasteiger charge is 2.13. The van der Waals surface area contributed by atoms with E-state index in [1.54, 1.807) is 0 Å². The van der Waals surface area contributed by atoms with E-state index in [0.29, 0.717) is 11.1 Å². The van der Waals surface area contributed by atoms with Gasteiger partial charge in [0.2, 0.25) is 5.91 Å². The molecule has 0 radical (unpaired) electrons. The molecule has 0 atom stereocenters. The molecule has 2 heterocycles. The number of thiophene rings is 1. The summed E-state index contributed by atoms with van der Waals surface area (Å²) >= 11 is 2.76. The Morgan fingerprint density at radius 1 is 1.00 bits per heavy atom. The summed E-state index contributed by atoms with van der Waals surface area (Å²) in [6.45, 7) is 0. The summed E-state index contributed by atoms with van der Waals surface area (Å²) in [4.78, 5) is 13.3. The van der Waals surface area contributed by atoms with Crippen LogP contribution in [0.5, 0.6) is 0 Å². The van der Waals surface area contributed by atoms with E-state index in [0.717, 1.165) is 22.5 Å². The summed E-state index contributed by atoms with van der Waals surface area (Å²) in [7, 11) is 0. The number of aromatic nitrogens is 2. The van der Waals surface area contributed by atoms with E-state index >= 15 is 0 Å². The third-order valence-corrected chi connectivity index (χ3v) is 5.67. The van der Waals surface area contributed by atoms with E-state index in [1.807, 2.05) is 60.0 Å². The zero-order chi connectivity index (χ0) is 19.2. The van der Waals surface area contributed by atoms with E-state index in [4.69, 9.17) is 4.42 Å². The molecule has 0 unspecified atom stereocenters. The van der Waals surface area contributed by atoms with Crippen LogP contribution in [0.15, 0.2) is 81.8 Å². The first-order valence-corrected chi connectivity index (χ1v) is 10.6. The number of benzene rings is 2. The molecule has 2 aromatic carbocycles. The number of anilines is 1. The van der Waals surface area contributed by atoms with Crippen LogP contribution in [-0.2, 0) is 11.2 Å². The highest BCUT2D eigenvalue weighted by atomic mass is 32.2. The number of hydrogen-bond acceptors (Lipinski definition) is 6. The van der Waals surface area contributed by atoms with E-state index in [-0.39, 0.29) is 11.7 Å². The van der Waals surface area contributed by atoms with Crippen LogP contribution < -0.4 is 5.32 Å². The largest absolute Gasteiger partial charge is 0.410 e. The van der Waals surface area contributed by atoms with Gasteiger partial charge >= 0.3 is 0 Å². The van der Waals surface area contributed by atoms with Crippen molar-refractivity contribution in [1.82, 2.24) is 10.2 Å². The topological polar surface area (TPSA) is 68.0 Å². The van der Waals surface area contributed by atoms with Gasteiger partial charge in [0.1, 0.15) is 0 Å². The number of hydrogen-bond donors (Lipinski definition) is 1. The lowest BCUT2D eigenvalue weighted by atomic mass is 10.0. The number of para-hydroxylation sites is 1. The molecule has 0 bridgehead atoms. The zero-order valence-corrected chi connectivity index (χ0v) is 16.5. The average molecular weight is 408 g/mol. The monoisotopic (exact) mass is 407 g/mol. The predicted octanol–water partition coefficient (Wildman–Crippen LogP) is 5.12. The summed E-state index contributed by atoms with van der Waals surface area (Å²) in [6.07, 6.45) is 0.762. The van der Waals surface area contributed by atoms with Crippen molar-refractivity contribution in [2.75, 3.05) is 11.1 Å². The second-order valence-electron chi connectivity index (χ2n) is 6.01. The molecule has 2 aromatic heterocycles. The van der Waals surface area contributed by atoms with Gasteiger partial charge in [-0.1, -0.05) is 66.4 Å². The molecule has 0 spiro atoms. The Labute approximate surface area is 170 Å². The minimum absolute atomic E-state index is 0.110. The highest BCUT2D eigenvalue weighted by molar-refractivity contribution is 7.99. The van der Waals surface area contributed by atoms with E-state index in [9.17, 15) is 4.79 Å². The molecule has 0 saturated heterocycles. The molecule has 0 aliphatic heterocycles. The fraction of sp³-hybridized carbons (Fsp3) is 0.0952. The molecule has 4 aromatic rings. The summed E-state index contributed by atoms with van der Waals surface area (Å²) < 4.78 is 5.60. The number of nitrogens with zero attached hydrogens (tertiary/aromatic N) is 2. The van der Waals surface area contributed by atoms with E-state index < -0.39 is 0 Å². The Morgan fingerprint density at radius 2 is 1.82 bits per heavy atom. The van der Waals surface area contributed by atoms with Crippen molar-refractivity contribution < 1.29 is 9.21 Å². The third kappa shape index (κ3) is 4.68. The first-order valence-electron chi connectivity index (χ1n) is 8.70. The molecule has 28 heavy (non-hydrogen) atoms. The second-order valence-corrected chi connectivity index (χ2v) is 7.88. The molecule has 4 rings (SSSR count). The maximum atomic E-state index is 12.4. The highest BCUT2D eigenvalue weighted by Crippen LogP contribution is 2.26. The van der Waals surface area contributed by atoms with Crippen LogP contribution >= 0.6 is 23.1 Å². The lowest BCUT2D eigenvalue weighted by Crippen LogP contribution is -2.15. The summed E-state index contributed by atoms with van der Waals surface area (Å²) in [6, 6.07) is 21.9. The van der Waals surface area contributed by atoms with Crippen molar-refractivity contribution in [2.24, 2.45) is 0 Å². The molecule has 1 N–H and O–H groups in total. The first-order chi connectivity index (χ1) is 13.8. The Kier molecular flexibility index (Phi) is 5.84. The fourth-order valence-corrected chi connectivity index (χ4v) is 3.90. The number of carbonyl (C=O) groups excluding carboxylic acids is 1. The number of carbonyl (C=O) groups is 1. The van der Waals surface area contributed by atoms with Gasteiger partial charge in [-0.05, 0) is 35.1 Å². The van der Waals surface area contributed by atoms with Gasteiger partial charge < -0.3 is 9.73 Å². The predicted molar refractivity (Wildman–Crippen MR) is 113 cm³/mol. The van der Waals surface area contributed by atoms with Gasteiger partial charge in [0, 0.05) is 5.69 Å². The van der Waals surface area contributed by atoms with E-state index in [1.165, 1.54) is 28.7 Å². The Balaban J connectivity index is 1.36. The lowest BCUT2D eigenvalue weighted by Gasteiger charge is -2.11. The molecular weight excluding hydrogens is 390 g/mol. The summed E-state index contributed by atoms with van der Waals surface area (Å²) in [5, 5.41) is 13.3. The molecular formula is C21H17N3O2S2. The number of rotatable bonds is 7. The Hall–Kier alpha value is -2.90. The molecule has 140 valence electrons. The number of nitrogens with one attached hydrogen (secondary N) is 1. The van der Waals surface area contributed by atoms with Crippen LogP contribution in [-0.4, -0.2) is 21.9 Å². The van der Waals surface area contributed by atoms with Gasteiger partial charge in [0.05, 0.1) is 10.6 Å². The zero-order valence-electron chi connectivity index (χ0n) is 14.9. The average Bonchev–Trinajstić information content (AvgIpc) is 3.40. The molecule has 5 nitrogen and oxygen atoms in total. The van der Waals surface area contributed by atoms with Gasteiger partial charge in [0.15, 0.2) is 0 Å². The molecule has 0 fully saturated rings. The van der Waals surface area contributed by atoms with Crippen LogP contribution in [0.3, 0.4) is 0 Å². The summed E-state index contributed by atoms with van der Waals surface area (Å²) in [5.41, 5.74) is 3.09. The SMILES string of the molecule is O=C(CSc1nnc(-c2cccs2)o1)Nc1ccccc1Cc1ccccc1. The molecule has 0 saturated carbocycles. The summed E-state index contributed by atoms with van der Waals surface area (Å²) in [5.74, 6) is 0.568. The second kappa shape index (κ2) is 8.86. The van der Waals surface area contributed by atoms with Crippen molar-refractivity contribution in [1.29, 1.82) is 0 Å². The normalized spacial score (nSPS) is 10.7. The fourth-order valence-electron chi connectivity index (χ4n) is 2.69. The van der Waals surface area contributed by atoms with Crippen LogP contribution in [0.2, 0.25) is 0 Å². The smallest absolute Gasteiger partial charge is 0.277 e. The molecule has 7 heteroatoms. The van der Waals surface area contributed by atoms with Crippen molar-refractivity contribution in [2.45, 2.75) is 11.6 Å². The van der Waals surface area contributed by atoms with Crippen LogP contribution in [0.25, 0.3) is 10.8 Å². The van der Waals surface area contributed by atoms with Gasteiger partial charge in [0.25, 0.3) is 11.1 Å². The van der Waals surface area contributed by atoms with E-state index in [2.05, 4.69) is 27.6 Å². The standard InChI is InChI=1S/C21H17N3O2S2/c25-19(14-28-21-24-23-20(26-21)18-11-6-12-27-18)22-17-10-5-4-9-16(17)13-15-7-2-1-3-8-15/h1-12H,13-14H2,(H,22,25). The van der Waals surface area contributed by atoms with Crippen molar-refractivity contribution in [3.8, 4) is 10.8 Å². The first kappa shape index (κ1) is 18.5. The van der Waals surface area contributed by atoms with Gasteiger partial charge in [-0.3, -0.25) is 4.79 Å². The van der Waals surface area contributed by atoms with Crippen molar-refractivity contribution in [3.63, 3.8) is 0 Å². The minimum Gasteiger partial charge on any atom is -0.410 e. The minimum atomic E-state index is -0.110. The van der Waals surface area contributed by atoms with Crippen LogP contribution in [0, 0.1) is 0 Å². The Morgan fingerprint density at radius 3 is 2.64 bits per heavy atom. The molecule has 0 aliphatic rings. The van der Waals surface area contributed by atoms with Gasteiger partial charge in [-0.15, -0.1) is 21.5 Å². The van der Waals surface area contributed by atoms with Gasteiger partial charge in [-0.2, -0.15) is 0 Å².